The van der Waals surface area contributed by atoms with Gasteiger partial charge in [-0.25, -0.2) is 19.6 Å². The van der Waals surface area contributed by atoms with E-state index < -0.39 is 11.9 Å². The fourth-order valence-corrected chi connectivity index (χ4v) is 3.77. The third-order valence-corrected chi connectivity index (χ3v) is 5.66. The summed E-state index contributed by atoms with van der Waals surface area (Å²) in [4.78, 5) is 19.1. The van der Waals surface area contributed by atoms with E-state index in [1.165, 1.54) is 28.8 Å². The zero-order chi connectivity index (χ0) is 19.4. The first-order valence-corrected chi connectivity index (χ1v) is 9.96. The molecule has 0 unspecified atom stereocenters. The third kappa shape index (κ3) is 4.85. The zero-order valence-electron chi connectivity index (χ0n) is 15.2. The number of amidine groups is 1. The van der Waals surface area contributed by atoms with Crippen molar-refractivity contribution in [3.63, 3.8) is 0 Å². The Morgan fingerprint density at radius 2 is 2.33 bits per heavy atom. The van der Waals surface area contributed by atoms with Gasteiger partial charge in [-0.05, 0) is 49.7 Å². The van der Waals surface area contributed by atoms with E-state index in [9.17, 15) is 9.18 Å². The maximum atomic E-state index is 13.7. The van der Waals surface area contributed by atoms with Gasteiger partial charge in [-0.2, -0.15) is 0 Å². The number of nitrogens with one attached hydrogen (secondary N) is 1. The topological polar surface area (TPSA) is 57.2 Å². The number of benzene rings is 1. The lowest BCUT2D eigenvalue weighted by Crippen LogP contribution is -2.45. The monoisotopic (exact) mass is 408 g/mol. The van der Waals surface area contributed by atoms with E-state index in [4.69, 9.17) is 17.0 Å². The van der Waals surface area contributed by atoms with Crippen molar-refractivity contribution in [1.82, 2.24) is 15.3 Å². The van der Waals surface area contributed by atoms with Gasteiger partial charge in [0.2, 0.25) is 0 Å². The maximum Gasteiger partial charge on any atom is 0.414 e. The Morgan fingerprint density at radius 1 is 1.52 bits per heavy atom. The largest absolute Gasteiger partial charge is 0.414 e. The first kappa shape index (κ1) is 19.8. The first-order valence-electron chi connectivity index (χ1n) is 8.74. The number of nitrogens with zero attached hydrogens (tertiary/aromatic N) is 3. The van der Waals surface area contributed by atoms with Crippen molar-refractivity contribution in [2.75, 3.05) is 26.7 Å². The molecule has 0 atom stereocenters. The van der Waals surface area contributed by atoms with Crippen LogP contribution in [0.15, 0.2) is 28.1 Å². The van der Waals surface area contributed by atoms with Gasteiger partial charge in [0.1, 0.15) is 16.6 Å². The summed E-state index contributed by atoms with van der Waals surface area (Å²) in [6, 6.07) is 4.09. The molecular formula is C18H21FN4O2S2. The van der Waals surface area contributed by atoms with Crippen LogP contribution in [-0.4, -0.2) is 52.8 Å². The number of hydrazine groups is 1. The lowest BCUT2D eigenvalue weighted by Gasteiger charge is -2.28. The van der Waals surface area contributed by atoms with E-state index in [1.807, 2.05) is 11.9 Å². The predicted octanol–water partition coefficient (Wildman–Crippen LogP) is 3.65. The Hall–Kier alpha value is -1.97. The highest BCUT2D eigenvalue weighted by Gasteiger charge is 2.25. The van der Waals surface area contributed by atoms with Crippen LogP contribution in [0, 0.1) is 5.82 Å². The quantitative estimate of drug-likeness (QED) is 0.609. The molecule has 9 heteroatoms. The lowest BCUT2D eigenvalue weighted by atomic mass is 10.2. The molecule has 2 aliphatic heterocycles. The minimum absolute atomic E-state index is 0.153. The van der Waals surface area contributed by atoms with Crippen LogP contribution in [0.5, 0.6) is 5.75 Å². The highest BCUT2D eigenvalue weighted by atomic mass is 32.2. The van der Waals surface area contributed by atoms with Crippen molar-refractivity contribution in [3.05, 3.63) is 34.5 Å². The number of halogens is 1. The van der Waals surface area contributed by atoms with Gasteiger partial charge in [0.25, 0.3) is 0 Å². The molecule has 2 aliphatic rings. The third-order valence-electron chi connectivity index (χ3n) is 4.20. The number of aliphatic imine (C=N–C) groups is 1. The summed E-state index contributed by atoms with van der Waals surface area (Å²) in [6.45, 7) is 4.11. The molecule has 0 bridgehead atoms. The van der Waals surface area contributed by atoms with Crippen molar-refractivity contribution in [1.29, 1.82) is 0 Å². The standard InChI is InChI=1S/C18H21FN4O2S2/c1-3-22(2)18(24)25-14-11-13(19)7-6-12(14)10-15-16(26)21-17(27-15)23-9-5-4-8-20-23/h6-7,10-11,20H,3-5,8-9H2,1-2H3/b15-10-. The van der Waals surface area contributed by atoms with Crippen LogP contribution in [-0.2, 0) is 0 Å². The number of amides is 1. The highest BCUT2D eigenvalue weighted by molar-refractivity contribution is 8.19. The molecule has 1 amide bonds. The van der Waals surface area contributed by atoms with Gasteiger partial charge in [0, 0.05) is 38.3 Å². The molecule has 1 fully saturated rings. The summed E-state index contributed by atoms with van der Waals surface area (Å²) >= 11 is 6.83. The summed E-state index contributed by atoms with van der Waals surface area (Å²) in [5.74, 6) is -0.323. The number of ether oxygens (including phenoxy) is 1. The highest BCUT2D eigenvalue weighted by Crippen LogP contribution is 2.33. The zero-order valence-corrected chi connectivity index (χ0v) is 16.8. The van der Waals surface area contributed by atoms with Gasteiger partial charge < -0.3 is 9.64 Å². The summed E-state index contributed by atoms with van der Waals surface area (Å²) in [6.07, 6.45) is 3.47. The molecule has 1 saturated heterocycles. The van der Waals surface area contributed by atoms with Crippen LogP contribution in [0.25, 0.3) is 6.08 Å². The molecule has 0 aromatic heterocycles. The summed E-state index contributed by atoms with van der Waals surface area (Å²) in [5.41, 5.74) is 3.87. The molecule has 2 heterocycles. The van der Waals surface area contributed by atoms with Crippen molar-refractivity contribution >= 4 is 46.3 Å². The molecule has 3 rings (SSSR count). The molecule has 6 nitrogen and oxygen atoms in total. The molecule has 0 spiro atoms. The van der Waals surface area contributed by atoms with E-state index in [2.05, 4.69) is 10.4 Å². The van der Waals surface area contributed by atoms with Crippen LogP contribution in [0.1, 0.15) is 25.3 Å². The van der Waals surface area contributed by atoms with Gasteiger partial charge in [-0.15, -0.1) is 0 Å². The van der Waals surface area contributed by atoms with Crippen LogP contribution in [0.2, 0.25) is 0 Å². The Labute approximate surface area is 167 Å². The van der Waals surface area contributed by atoms with Crippen LogP contribution in [0.4, 0.5) is 9.18 Å². The summed E-state index contributed by atoms with van der Waals surface area (Å²) in [5, 5.41) is 2.81. The second kappa shape index (κ2) is 8.81. The molecule has 27 heavy (non-hydrogen) atoms. The lowest BCUT2D eigenvalue weighted by molar-refractivity contribution is 0.165. The van der Waals surface area contributed by atoms with Gasteiger partial charge in [0.15, 0.2) is 5.17 Å². The SMILES string of the molecule is CCN(C)C(=O)Oc1cc(F)ccc1/C=C1\SC(N2CCCCN2)=NC1=S. The molecule has 0 radical (unpaired) electrons. The predicted molar refractivity (Wildman–Crippen MR) is 110 cm³/mol. The molecule has 1 N–H and O–H groups in total. The van der Waals surface area contributed by atoms with Gasteiger partial charge in [-0.3, -0.25) is 5.01 Å². The van der Waals surface area contributed by atoms with E-state index in [1.54, 1.807) is 19.2 Å². The summed E-state index contributed by atoms with van der Waals surface area (Å²) in [7, 11) is 1.62. The van der Waals surface area contributed by atoms with Crippen molar-refractivity contribution < 1.29 is 13.9 Å². The summed E-state index contributed by atoms with van der Waals surface area (Å²) < 4.78 is 19.0. The van der Waals surface area contributed by atoms with Gasteiger partial charge in [0.05, 0.1) is 4.91 Å². The molecule has 0 saturated carbocycles. The van der Waals surface area contributed by atoms with Crippen LogP contribution < -0.4 is 10.2 Å². The second-order valence-corrected chi connectivity index (χ2v) is 7.54. The van der Waals surface area contributed by atoms with E-state index in [-0.39, 0.29) is 5.75 Å². The number of carbonyl (C=O) groups is 1. The minimum atomic E-state index is -0.543. The van der Waals surface area contributed by atoms with Gasteiger partial charge in [-0.1, -0.05) is 12.2 Å². The van der Waals surface area contributed by atoms with Crippen LogP contribution in [0.3, 0.4) is 0 Å². The number of thioether (sulfide) groups is 1. The van der Waals surface area contributed by atoms with E-state index in [0.29, 0.717) is 17.1 Å². The van der Waals surface area contributed by atoms with Crippen molar-refractivity contribution in [2.24, 2.45) is 4.99 Å². The van der Waals surface area contributed by atoms with Crippen molar-refractivity contribution in [2.45, 2.75) is 19.8 Å². The molecule has 144 valence electrons. The minimum Gasteiger partial charge on any atom is -0.409 e. The van der Waals surface area contributed by atoms with Crippen LogP contribution >= 0.6 is 24.0 Å². The molecule has 1 aromatic rings. The number of hydrogen-bond donors (Lipinski definition) is 1. The molecular weight excluding hydrogens is 387 g/mol. The average molecular weight is 409 g/mol. The Kier molecular flexibility index (Phi) is 6.46. The number of hydrogen-bond acceptors (Lipinski definition) is 6. The smallest absolute Gasteiger partial charge is 0.409 e. The Bertz CT molecular complexity index is 807. The molecule has 1 aromatic carbocycles. The fourth-order valence-electron chi connectivity index (χ4n) is 2.52. The molecule has 0 aliphatic carbocycles. The Balaban J connectivity index is 1.80. The van der Waals surface area contributed by atoms with Gasteiger partial charge >= 0.3 is 6.09 Å². The van der Waals surface area contributed by atoms with E-state index >= 15 is 0 Å². The first-order chi connectivity index (χ1) is 13.0. The number of thiocarbonyl (C=S) groups is 1. The Morgan fingerprint density at radius 3 is 3.04 bits per heavy atom. The fraction of sp³-hybridized carbons (Fsp3) is 0.389. The number of rotatable bonds is 3. The van der Waals surface area contributed by atoms with E-state index in [0.717, 1.165) is 36.0 Å². The normalized spacial score (nSPS) is 18.6. The average Bonchev–Trinajstić information content (AvgIpc) is 3.04. The van der Waals surface area contributed by atoms with Crippen molar-refractivity contribution in [3.8, 4) is 5.75 Å². The maximum absolute atomic E-state index is 13.7. The second-order valence-electron chi connectivity index (χ2n) is 6.14. The number of carbonyl (C=O) groups excluding carboxylic acids is 1.